The molecule has 0 aliphatic carbocycles. The van der Waals surface area contributed by atoms with Crippen molar-refractivity contribution in [2.45, 2.75) is 98.3 Å². The summed E-state index contributed by atoms with van der Waals surface area (Å²) in [6, 6.07) is 0. The molecule has 0 rings (SSSR count). The van der Waals surface area contributed by atoms with E-state index in [2.05, 4.69) is 27.7 Å². The van der Waals surface area contributed by atoms with Crippen molar-refractivity contribution in [1.29, 1.82) is 0 Å². The molecule has 0 N–H and O–H groups in total. The van der Waals surface area contributed by atoms with Crippen LogP contribution in [0.15, 0.2) is 9.98 Å². The van der Waals surface area contributed by atoms with E-state index >= 15 is 0 Å². The summed E-state index contributed by atoms with van der Waals surface area (Å²) in [5, 5.41) is 0. The summed E-state index contributed by atoms with van der Waals surface area (Å²) in [5.74, 6) is 0. The van der Waals surface area contributed by atoms with Crippen LogP contribution in [0, 0.1) is 0 Å². The van der Waals surface area contributed by atoms with E-state index in [1.54, 1.807) is 0 Å². The maximum atomic E-state index is 5.71. The predicted octanol–water partition coefficient (Wildman–Crippen LogP) is 6.26. The van der Waals surface area contributed by atoms with Crippen LogP contribution in [0.3, 0.4) is 0 Å². The van der Waals surface area contributed by atoms with Crippen LogP contribution in [-0.4, -0.2) is 37.7 Å². The Morgan fingerprint density at radius 2 is 1.12 bits per heavy atom. The lowest BCUT2D eigenvalue weighted by atomic mass is 10.1. The highest BCUT2D eigenvalue weighted by molar-refractivity contribution is 5.84. The highest BCUT2D eigenvalue weighted by atomic mass is 16.5. The number of ether oxygens (including phenoxy) is 1. The molecule has 0 radical (unpaired) electrons. The van der Waals surface area contributed by atoms with Crippen molar-refractivity contribution < 1.29 is 4.74 Å². The second-order valence-corrected chi connectivity index (χ2v) is 6.57. The minimum absolute atomic E-state index is 0.751. The molecule has 0 aliphatic rings. The number of hydrogen-bond acceptors (Lipinski definition) is 3. The molecule has 0 spiro atoms. The summed E-state index contributed by atoms with van der Waals surface area (Å²) in [6.45, 7) is 12.2. The third-order valence-corrected chi connectivity index (χ3v) is 4.07. The highest BCUT2D eigenvalue weighted by Crippen LogP contribution is 2.05. The normalized spacial score (nSPS) is 12.8. The fourth-order valence-electron chi connectivity index (χ4n) is 2.68. The maximum Gasteiger partial charge on any atom is 0.0661 e. The number of hydrogen-bond donors (Lipinski definition) is 0. The van der Waals surface area contributed by atoms with Crippen molar-refractivity contribution in [3.63, 3.8) is 0 Å². The monoisotopic (exact) mass is 338 g/mol. The molecule has 24 heavy (non-hydrogen) atoms. The molecule has 0 atom stereocenters. The van der Waals surface area contributed by atoms with Crippen LogP contribution in [0.2, 0.25) is 0 Å². The van der Waals surface area contributed by atoms with Crippen LogP contribution in [0.1, 0.15) is 98.3 Å². The molecule has 0 fully saturated rings. The maximum absolute atomic E-state index is 5.71. The molecule has 3 heteroatoms. The van der Waals surface area contributed by atoms with Gasteiger partial charge in [0, 0.05) is 24.6 Å². The van der Waals surface area contributed by atoms with Crippen LogP contribution in [-0.2, 0) is 4.74 Å². The van der Waals surface area contributed by atoms with Gasteiger partial charge in [-0.3, -0.25) is 9.98 Å². The first-order chi connectivity index (χ1) is 11.8. The molecule has 0 aromatic heterocycles. The molecule has 142 valence electrons. The zero-order valence-electron chi connectivity index (χ0n) is 16.9. The Kier molecular flexibility index (Phi) is 18.1. The first-order valence-electron chi connectivity index (χ1n) is 10.4. The summed E-state index contributed by atoms with van der Waals surface area (Å²) in [5.41, 5.74) is 2.79. The molecular formula is C21H42N2O. The molecule has 0 saturated heterocycles. The number of aliphatic imine (C=N–C) groups is 2. The first kappa shape index (κ1) is 23.3. The Bertz CT molecular complexity index is 292. The van der Waals surface area contributed by atoms with E-state index in [0.717, 1.165) is 52.0 Å². The van der Waals surface area contributed by atoms with Gasteiger partial charge in [-0.2, -0.15) is 0 Å². The zero-order valence-corrected chi connectivity index (χ0v) is 16.9. The topological polar surface area (TPSA) is 34.0 Å². The Labute approximate surface area is 151 Å². The summed E-state index contributed by atoms with van der Waals surface area (Å²) in [4.78, 5) is 9.48. The van der Waals surface area contributed by atoms with Gasteiger partial charge in [0.05, 0.1) is 13.2 Å². The summed E-state index contributed by atoms with van der Waals surface area (Å²) < 4.78 is 5.71. The fraction of sp³-hybridized carbons (Fsp3) is 0.905. The molecule has 0 aromatic carbocycles. The van der Waals surface area contributed by atoms with E-state index < -0.39 is 0 Å². The van der Waals surface area contributed by atoms with Gasteiger partial charge in [0.15, 0.2) is 0 Å². The average molecular weight is 339 g/mol. The Morgan fingerprint density at radius 1 is 0.583 bits per heavy atom. The van der Waals surface area contributed by atoms with E-state index in [1.165, 1.54) is 56.4 Å². The Hall–Kier alpha value is -0.700. The van der Waals surface area contributed by atoms with Crippen molar-refractivity contribution in [3.8, 4) is 0 Å². The molecule has 0 saturated carbocycles. The molecule has 0 bridgehead atoms. The van der Waals surface area contributed by atoms with Crippen LogP contribution < -0.4 is 0 Å². The molecule has 0 aliphatic heterocycles. The predicted molar refractivity (Wildman–Crippen MR) is 109 cm³/mol. The molecule has 0 unspecified atom stereocenters. The lowest BCUT2D eigenvalue weighted by molar-refractivity contribution is 0.141. The van der Waals surface area contributed by atoms with Gasteiger partial charge in [0.1, 0.15) is 0 Å². The first-order valence-corrected chi connectivity index (χ1v) is 10.4. The smallest absolute Gasteiger partial charge is 0.0661 e. The van der Waals surface area contributed by atoms with Crippen LogP contribution in [0.5, 0.6) is 0 Å². The van der Waals surface area contributed by atoms with Gasteiger partial charge >= 0.3 is 0 Å². The quantitative estimate of drug-likeness (QED) is 0.228. The molecular weight excluding hydrogens is 296 g/mol. The van der Waals surface area contributed by atoms with E-state index in [-0.39, 0.29) is 0 Å². The Balaban J connectivity index is 3.79. The summed E-state index contributed by atoms with van der Waals surface area (Å²) in [6.07, 6.45) is 13.1. The highest BCUT2D eigenvalue weighted by Gasteiger charge is 1.99. The van der Waals surface area contributed by atoms with E-state index in [9.17, 15) is 0 Å². The van der Waals surface area contributed by atoms with E-state index in [4.69, 9.17) is 14.7 Å². The Morgan fingerprint density at radius 3 is 1.62 bits per heavy atom. The number of rotatable bonds is 17. The van der Waals surface area contributed by atoms with Crippen LogP contribution >= 0.6 is 0 Å². The summed E-state index contributed by atoms with van der Waals surface area (Å²) in [7, 11) is 0. The largest absolute Gasteiger partial charge is 0.379 e. The lowest BCUT2D eigenvalue weighted by Gasteiger charge is -2.06. The molecule has 0 aromatic rings. The van der Waals surface area contributed by atoms with Crippen molar-refractivity contribution in [1.82, 2.24) is 0 Å². The van der Waals surface area contributed by atoms with E-state index in [0.29, 0.717) is 0 Å². The molecule has 0 heterocycles. The van der Waals surface area contributed by atoms with Gasteiger partial charge < -0.3 is 4.74 Å². The van der Waals surface area contributed by atoms with Crippen molar-refractivity contribution in [2.24, 2.45) is 9.98 Å². The molecule has 3 nitrogen and oxygen atoms in total. The third-order valence-electron chi connectivity index (χ3n) is 4.07. The molecule has 0 amide bonds. The number of unbranched alkanes of at least 4 members (excludes halogenated alkanes) is 2. The second kappa shape index (κ2) is 18.6. The average Bonchev–Trinajstić information content (AvgIpc) is 2.59. The van der Waals surface area contributed by atoms with Gasteiger partial charge in [0.25, 0.3) is 0 Å². The van der Waals surface area contributed by atoms with Crippen molar-refractivity contribution in [2.75, 3.05) is 26.3 Å². The van der Waals surface area contributed by atoms with Gasteiger partial charge in [-0.25, -0.2) is 0 Å². The van der Waals surface area contributed by atoms with Gasteiger partial charge in [-0.05, 0) is 44.9 Å². The summed E-state index contributed by atoms with van der Waals surface area (Å²) >= 11 is 0. The van der Waals surface area contributed by atoms with Gasteiger partial charge in [-0.15, -0.1) is 0 Å². The standard InChI is InChI=1S/C21H42N2O/c1-5-9-14-20(12-7-3)22-16-11-18-24-19-17-23-21(13-8-4)15-10-6-2/h5-19H2,1-4H3. The number of nitrogens with zero attached hydrogens (tertiary/aromatic N) is 2. The minimum atomic E-state index is 0.751. The van der Waals surface area contributed by atoms with Gasteiger partial charge in [0.2, 0.25) is 0 Å². The van der Waals surface area contributed by atoms with Crippen LogP contribution in [0.4, 0.5) is 0 Å². The fourth-order valence-corrected chi connectivity index (χ4v) is 2.68. The zero-order chi connectivity index (χ0) is 17.9. The van der Waals surface area contributed by atoms with Crippen molar-refractivity contribution >= 4 is 11.4 Å². The van der Waals surface area contributed by atoms with Crippen LogP contribution in [0.25, 0.3) is 0 Å². The van der Waals surface area contributed by atoms with Gasteiger partial charge in [-0.1, -0.05) is 53.4 Å². The van der Waals surface area contributed by atoms with Crippen molar-refractivity contribution in [3.05, 3.63) is 0 Å². The third kappa shape index (κ3) is 14.9. The van der Waals surface area contributed by atoms with E-state index in [1.807, 2.05) is 0 Å². The lowest BCUT2D eigenvalue weighted by Crippen LogP contribution is -2.06. The SMILES string of the molecule is CCCCC(CCC)=NCCCOCCN=C(CCC)CCCC. The minimum Gasteiger partial charge on any atom is -0.379 e. The second-order valence-electron chi connectivity index (χ2n) is 6.57.